The number of aliphatic hydroxyl groups excluding tert-OH is 6. The molecule has 0 aromatic rings. The van der Waals surface area contributed by atoms with E-state index in [9.17, 15) is 50.4 Å². The molecule has 0 radical (unpaired) electrons. The van der Waals surface area contributed by atoms with E-state index in [0.717, 1.165) is 0 Å². The van der Waals surface area contributed by atoms with Crippen molar-refractivity contribution in [1.29, 1.82) is 0 Å². The molecule has 0 aromatic heterocycles. The lowest BCUT2D eigenvalue weighted by atomic mass is 9.73. The second kappa shape index (κ2) is 25.3. The summed E-state index contributed by atoms with van der Waals surface area (Å²) in [5, 5.41) is 95.4. The summed E-state index contributed by atoms with van der Waals surface area (Å²) in [6.45, 7) is 16.3. The Bertz CT molecular complexity index is 1690. The SMILES string of the molecule is CC[C@H]1OC(=O)[C@H](C)[C@@H](O[C@H]2C[C@@](C)(OC)[C@@H](O)[C@H](C)O2)[C@H](C)[C@@H](O[C@@H]2O[C@H](C)C[C@H](N(C)C)[C@H]2O)[C@](C)(O)C[C@@H](C)/C(=N\OCOCCOC)[C@H](C)[C@@H](O)[C@]1(C)OC1OC(C(=O)O)C(O)C(O)C1O. The summed E-state index contributed by atoms with van der Waals surface area (Å²) in [5.41, 5.74) is -5.10. The molecule has 8 N–H and O–H groups in total. The topological polar surface area (TPSA) is 313 Å². The number of carbonyl (C=O) groups excluding carboxylic acids is 1. The van der Waals surface area contributed by atoms with Crippen LogP contribution in [0.3, 0.4) is 0 Å². The predicted octanol–water partition coefficient (Wildman–Crippen LogP) is 0.126. The number of hydrogen-bond donors (Lipinski definition) is 8. The van der Waals surface area contributed by atoms with E-state index < -0.39 is 144 Å². The smallest absolute Gasteiger partial charge is 0.335 e. The van der Waals surface area contributed by atoms with Gasteiger partial charge in [-0.3, -0.25) is 4.79 Å². The molecule has 0 spiro atoms. The fourth-order valence-electron chi connectivity index (χ4n) is 10.5. The van der Waals surface area contributed by atoms with Crippen LogP contribution in [0.4, 0.5) is 0 Å². The van der Waals surface area contributed by atoms with Gasteiger partial charge in [-0.1, -0.05) is 32.9 Å². The number of carboxylic acids is 1. The van der Waals surface area contributed by atoms with Gasteiger partial charge in [0.2, 0.25) is 6.79 Å². The number of nitrogens with zero attached hydrogens (tertiary/aromatic N) is 2. The third-order valence-corrected chi connectivity index (χ3v) is 14.8. The normalized spacial score (nSPS) is 46.6. The molecule has 0 bridgehead atoms. The van der Waals surface area contributed by atoms with Gasteiger partial charge < -0.3 is 98.0 Å². The Labute approximate surface area is 411 Å². The van der Waals surface area contributed by atoms with E-state index in [4.69, 9.17) is 52.2 Å². The van der Waals surface area contributed by atoms with Crippen LogP contribution in [0.5, 0.6) is 0 Å². The van der Waals surface area contributed by atoms with E-state index >= 15 is 0 Å². The highest BCUT2D eigenvalue weighted by Crippen LogP contribution is 2.42. The van der Waals surface area contributed by atoms with Gasteiger partial charge in [0, 0.05) is 44.4 Å². The van der Waals surface area contributed by atoms with Crippen molar-refractivity contribution in [2.45, 2.75) is 210 Å². The quantitative estimate of drug-likeness (QED) is 0.0441. The average Bonchev–Trinajstić information content (AvgIpc) is 3.29. The third-order valence-electron chi connectivity index (χ3n) is 14.8. The Morgan fingerprint density at radius 2 is 1.49 bits per heavy atom. The first-order valence-electron chi connectivity index (χ1n) is 24.3. The minimum Gasteiger partial charge on any atom is -0.479 e. The molecule has 5 unspecified atom stereocenters. The van der Waals surface area contributed by atoms with E-state index in [0.29, 0.717) is 6.42 Å². The van der Waals surface area contributed by atoms with Crippen molar-refractivity contribution in [3.05, 3.63) is 0 Å². The molecule has 0 amide bonds. The van der Waals surface area contributed by atoms with Crippen molar-refractivity contribution < 1.29 is 103 Å². The van der Waals surface area contributed by atoms with Crippen LogP contribution < -0.4 is 0 Å². The number of carbonyl (C=O) groups is 2. The number of oxime groups is 1. The van der Waals surface area contributed by atoms with Gasteiger partial charge in [-0.15, -0.1) is 0 Å². The van der Waals surface area contributed by atoms with Crippen LogP contribution in [0.2, 0.25) is 0 Å². The molecule has 4 rings (SSSR count). The number of hydrogen-bond acceptors (Lipinski definition) is 22. The van der Waals surface area contributed by atoms with Crippen LogP contribution >= 0.6 is 0 Å². The lowest BCUT2D eigenvalue weighted by Gasteiger charge is -2.50. The number of cyclic esters (lactones) is 1. The second-order valence-corrected chi connectivity index (χ2v) is 20.5. The molecule has 4 fully saturated rings. The van der Waals surface area contributed by atoms with E-state index in [1.807, 2.05) is 25.9 Å². The van der Waals surface area contributed by atoms with Crippen LogP contribution in [0.25, 0.3) is 0 Å². The highest BCUT2D eigenvalue weighted by Gasteiger charge is 2.57. The van der Waals surface area contributed by atoms with Crippen molar-refractivity contribution >= 4 is 17.7 Å². The number of carboxylic acid groups (broad SMARTS) is 1. The molecular weight excluding hydrogens is 929 g/mol. The standard InChI is InChI=1S/C47H84N2O21/c1-15-29-47(10,70-44-35(53)33(51)34(52)37(68-44)41(56)57)38(54)24(4)31(48-63-21-62-17-16-60-13)22(2)19-45(8,59)40(69-43-32(50)28(49(11)12)18-23(3)64-43)25(5)36(26(6)42(58)66-29)67-30-20-46(9,61-14)39(55)27(7)65-30/h22-30,32-40,43-44,50-55,59H,15-21H2,1-14H3,(H,56,57)/b48-31+/t22-,23-,24+,25+,26-,27+,28+,29-,30+,32-,33?,34?,35?,36+,37?,38-,39+,40-,43+,44?,45-,46-,47-/m1/s1. The number of aliphatic carboxylic acids is 1. The number of ether oxygens (including phenoxy) is 10. The molecule has 4 heterocycles. The Kier molecular flexibility index (Phi) is 21.8. The lowest BCUT2D eigenvalue weighted by Crippen LogP contribution is -2.65. The van der Waals surface area contributed by atoms with Crippen LogP contribution in [-0.2, 0) is 61.8 Å². The zero-order valence-corrected chi connectivity index (χ0v) is 43.3. The van der Waals surface area contributed by atoms with Gasteiger partial charge in [-0.05, 0) is 74.9 Å². The van der Waals surface area contributed by atoms with Crippen LogP contribution in [0, 0.1) is 23.7 Å². The summed E-state index contributed by atoms with van der Waals surface area (Å²) < 4.78 is 60.6. The number of likely N-dealkylation sites (N-methyl/N-ethyl adjacent to an activating group) is 1. The molecule has 4 aliphatic rings. The van der Waals surface area contributed by atoms with Crippen molar-refractivity contribution in [3.8, 4) is 0 Å². The number of rotatable bonds is 16. The van der Waals surface area contributed by atoms with Gasteiger partial charge in [0.25, 0.3) is 0 Å². The molecule has 23 heteroatoms. The first-order chi connectivity index (χ1) is 32.6. The van der Waals surface area contributed by atoms with Gasteiger partial charge in [0.1, 0.15) is 42.2 Å². The first kappa shape index (κ1) is 60.3. The molecule has 4 saturated heterocycles. The van der Waals surface area contributed by atoms with Gasteiger partial charge in [-0.25, -0.2) is 4.79 Å². The fourth-order valence-corrected chi connectivity index (χ4v) is 10.5. The van der Waals surface area contributed by atoms with Crippen LogP contribution in [-0.4, -0.2) is 227 Å². The van der Waals surface area contributed by atoms with E-state index in [1.54, 1.807) is 41.5 Å². The fraction of sp³-hybridized carbons (Fsp3) is 0.936. The van der Waals surface area contributed by atoms with Crippen LogP contribution in [0.1, 0.15) is 94.9 Å². The minimum atomic E-state index is -2.15. The maximum absolute atomic E-state index is 14.9. The van der Waals surface area contributed by atoms with Gasteiger partial charge >= 0.3 is 11.9 Å². The number of aliphatic hydroxyl groups is 7. The molecule has 0 aliphatic carbocycles. The molecule has 408 valence electrons. The van der Waals surface area contributed by atoms with E-state index in [-0.39, 0.29) is 51.1 Å². The molecule has 70 heavy (non-hydrogen) atoms. The molecule has 4 aliphatic heterocycles. The molecule has 0 aromatic carbocycles. The van der Waals surface area contributed by atoms with Crippen molar-refractivity contribution in [2.75, 3.05) is 48.3 Å². The van der Waals surface area contributed by atoms with Crippen molar-refractivity contribution in [3.63, 3.8) is 0 Å². The Hall–Kier alpha value is -2.27. The zero-order chi connectivity index (χ0) is 52.8. The van der Waals surface area contributed by atoms with Gasteiger partial charge in [-0.2, -0.15) is 0 Å². The summed E-state index contributed by atoms with van der Waals surface area (Å²) in [6.07, 6.45) is -21.7. The summed E-state index contributed by atoms with van der Waals surface area (Å²) in [6, 6.07) is -0.405. The third kappa shape index (κ3) is 13.7. The van der Waals surface area contributed by atoms with Crippen molar-refractivity contribution in [1.82, 2.24) is 4.90 Å². The van der Waals surface area contributed by atoms with Gasteiger partial charge in [0.15, 0.2) is 25.0 Å². The van der Waals surface area contributed by atoms with Crippen molar-refractivity contribution in [2.24, 2.45) is 28.8 Å². The Morgan fingerprint density at radius 1 is 0.829 bits per heavy atom. The van der Waals surface area contributed by atoms with E-state index in [1.165, 1.54) is 35.0 Å². The van der Waals surface area contributed by atoms with Gasteiger partial charge in [0.05, 0.1) is 66.6 Å². The first-order valence-corrected chi connectivity index (χ1v) is 24.3. The van der Waals surface area contributed by atoms with E-state index in [2.05, 4.69) is 5.16 Å². The number of esters is 1. The minimum absolute atomic E-state index is 0.00436. The maximum atomic E-state index is 14.9. The maximum Gasteiger partial charge on any atom is 0.335 e. The molecule has 23 nitrogen and oxygen atoms in total. The summed E-state index contributed by atoms with van der Waals surface area (Å²) >= 11 is 0. The predicted molar refractivity (Wildman–Crippen MR) is 246 cm³/mol. The second-order valence-electron chi connectivity index (χ2n) is 20.5. The number of methoxy groups -OCH3 is 2. The van der Waals surface area contributed by atoms with Crippen LogP contribution in [0.15, 0.2) is 5.16 Å². The molecule has 23 atom stereocenters. The lowest BCUT2D eigenvalue weighted by molar-refractivity contribution is -0.341. The monoisotopic (exact) mass is 1010 g/mol. The summed E-state index contributed by atoms with van der Waals surface area (Å²) in [7, 11) is 6.59. The highest BCUT2D eigenvalue weighted by molar-refractivity contribution is 5.88. The average molecular weight is 1010 g/mol. The largest absolute Gasteiger partial charge is 0.479 e. The zero-order valence-electron chi connectivity index (χ0n) is 43.3. The highest BCUT2D eigenvalue weighted by atomic mass is 16.8. The molecular formula is C47H84N2O21. The molecule has 0 saturated carbocycles. The Morgan fingerprint density at radius 3 is 2.07 bits per heavy atom. The summed E-state index contributed by atoms with van der Waals surface area (Å²) in [4.78, 5) is 34.6. The summed E-state index contributed by atoms with van der Waals surface area (Å²) in [5.74, 6) is -6.79. The Balaban J connectivity index is 1.95.